The number of aryl methyl sites for hydroxylation is 4. The monoisotopic (exact) mass is 265 g/mol. The van der Waals surface area contributed by atoms with Crippen LogP contribution in [0.1, 0.15) is 22.5 Å². The number of pyridine rings is 1. The fraction of sp³-hybridized carbons (Fsp3) is 0.235. The summed E-state index contributed by atoms with van der Waals surface area (Å²) in [4.78, 5) is 4.69. The Morgan fingerprint density at radius 1 is 1.05 bits per heavy atom. The van der Waals surface area contributed by atoms with E-state index >= 15 is 0 Å². The summed E-state index contributed by atoms with van der Waals surface area (Å²) in [5.41, 5.74) is 11.9. The Labute approximate surface area is 119 Å². The topological polar surface area (TPSA) is 43.3 Å². The third kappa shape index (κ3) is 2.27. The van der Waals surface area contributed by atoms with Gasteiger partial charge in [0.25, 0.3) is 0 Å². The molecule has 3 heteroatoms. The number of fused-ring (bicyclic) bond motifs is 1. The highest BCUT2D eigenvalue weighted by atomic mass is 15.1. The first-order chi connectivity index (χ1) is 9.65. The number of hydrogen-bond donors (Lipinski definition) is 1. The molecule has 0 fully saturated rings. The van der Waals surface area contributed by atoms with Crippen LogP contribution < -0.4 is 5.73 Å². The summed E-state index contributed by atoms with van der Waals surface area (Å²) in [6.45, 7) is 4.15. The summed E-state index contributed by atoms with van der Waals surface area (Å²) < 4.78 is 2.04. The fourth-order valence-corrected chi connectivity index (χ4v) is 2.70. The Morgan fingerprint density at radius 3 is 2.55 bits per heavy atom. The summed E-state index contributed by atoms with van der Waals surface area (Å²) in [5, 5.41) is 0. The Balaban J connectivity index is 1.93. The van der Waals surface area contributed by atoms with Crippen LogP contribution in [0, 0.1) is 13.8 Å². The van der Waals surface area contributed by atoms with Crippen LogP contribution in [-0.2, 0) is 12.8 Å². The van der Waals surface area contributed by atoms with Gasteiger partial charge in [-0.1, -0.05) is 30.3 Å². The molecule has 2 N–H and O–H groups in total. The summed E-state index contributed by atoms with van der Waals surface area (Å²) in [6.07, 6.45) is 1.84. The van der Waals surface area contributed by atoms with E-state index < -0.39 is 0 Å². The van der Waals surface area contributed by atoms with E-state index in [9.17, 15) is 0 Å². The van der Waals surface area contributed by atoms with Crippen LogP contribution in [0.3, 0.4) is 0 Å². The van der Waals surface area contributed by atoms with Gasteiger partial charge in [-0.05, 0) is 49.9 Å². The maximum absolute atomic E-state index is 6.25. The molecule has 0 saturated carbocycles. The molecule has 0 radical (unpaired) electrons. The van der Waals surface area contributed by atoms with Gasteiger partial charge in [0.05, 0.1) is 5.69 Å². The van der Waals surface area contributed by atoms with E-state index in [1.54, 1.807) is 0 Å². The Bertz CT molecular complexity index is 742. The van der Waals surface area contributed by atoms with Crippen molar-refractivity contribution in [2.75, 3.05) is 5.73 Å². The predicted octanol–water partition coefficient (Wildman–Crippen LogP) is 3.32. The number of nitrogens with zero attached hydrogens (tertiary/aromatic N) is 2. The quantitative estimate of drug-likeness (QED) is 0.789. The minimum atomic E-state index is 0.772. The number of benzene rings is 1. The first-order valence-electron chi connectivity index (χ1n) is 6.93. The first kappa shape index (κ1) is 12.7. The zero-order valence-electron chi connectivity index (χ0n) is 11.9. The van der Waals surface area contributed by atoms with Crippen LogP contribution in [0.15, 0.2) is 42.5 Å². The van der Waals surface area contributed by atoms with Gasteiger partial charge in [0.15, 0.2) is 0 Å². The zero-order chi connectivity index (χ0) is 14.1. The van der Waals surface area contributed by atoms with E-state index in [1.165, 1.54) is 11.1 Å². The highest BCUT2D eigenvalue weighted by Gasteiger charge is 2.11. The molecule has 0 saturated heterocycles. The van der Waals surface area contributed by atoms with E-state index in [0.29, 0.717) is 0 Å². The maximum atomic E-state index is 6.25. The molecule has 2 aromatic heterocycles. The summed E-state index contributed by atoms with van der Waals surface area (Å²) in [5.74, 6) is 0.772. The van der Waals surface area contributed by atoms with Crippen molar-refractivity contribution < 1.29 is 0 Å². The standard InChI is InChI=1S/C17H19N3/c1-12-10-13(2)20-16(11-12)19-15(17(20)18)9-8-14-6-4-3-5-7-14/h3-7,10-11H,8-9,18H2,1-2H3. The smallest absolute Gasteiger partial charge is 0.139 e. The lowest BCUT2D eigenvalue weighted by Crippen LogP contribution is -2.00. The van der Waals surface area contributed by atoms with Gasteiger partial charge in [-0.2, -0.15) is 0 Å². The normalized spacial score (nSPS) is 11.1. The van der Waals surface area contributed by atoms with Gasteiger partial charge in [-0.25, -0.2) is 4.98 Å². The molecule has 0 spiro atoms. The lowest BCUT2D eigenvalue weighted by molar-refractivity contribution is 0.930. The molecule has 102 valence electrons. The molecule has 0 amide bonds. The minimum absolute atomic E-state index is 0.772. The third-order valence-electron chi connectivity index (χ3n) is 3.65. The molecule has 0 unspecified atom stereocenters. The van der Waals surface area contributed by atoms with Crippen molar-refractivity contribution in [3.05, 3.63) is 65.0 Å². The Hall–Kier alpha value is -2.29. The van der Waals surface area contributed by atoms with Gasteiger partial charge < -0.3 is 5.73 Å². The van der Waals surface area contributed by atoms with Gasteiger partial charge in [-0.15, -0.1) is 0 Å². The summed E-state index contributed by atoms with van der Waals surface area (Å²) >= 11 is 0. The SMILES string of the molecule is Cc1cc(C)n2c(N)c(CCc3ccccc3)nc2c1. The second-order valence-electron chi connectivity index (χ2n) is 5.30. The average molecular weight is 265 g/mol. The second kappa shape index (κ2) is 5.00. The zero-order valence-corrected chi connectivity index (χ0v) is 11.9. The molecule has 0 atom stereocenters. The third-order valence-corrected chi connectivity index (χ3v) is 3.65. The fourth-order valence-electron chi connectivity index (χ4n) is 2.70. The number of imidazole rings is 1. The lowest BCUT2D eigenvalue weighted by Gasteiger charge is -2.04. The number of nitrogens with two attached hydrogens (primary N) is 1. The largest absolute Gasteiger partial charge is 0.383 e. The van der Waals surface area contributed by atoms with E-state index in [-0.39, 0.29) is 0 Å². The Kier molecular flexibility index (Phi) is 3.18. The van der Waals surface area contributed by atoms with E-state index in [2.05, 4.69) is 55.2 Å². The highest BCUT2D eigenvalue weighted by molar-refractivity contribution is 5.55. The van der Waals surface area contributed by atoms with Crippen LogP contribution in [0.5, 0.6) is 0 Å². The molecule has 2 heterocycles. The molecule has 0 bridgehead atoms. The molecule has 3 nitrogen and oxygen atoms in total. The molecular weight excluding hydrogens is 246 g/mol. The molecule has 1 aromatic carbocycles. The van der Waals surface area contributed by atoms with Crippen molar-refractivity contribution in [1.29, 1.82) is 0 Å². The highest BCUT2D eigenvalue weighted by Crippen LogP contribution is 2.20. The summed E-state index contributed by atoms with van der Waals surface area (Å²) in [6, 6.07) is 14.7. The van der Waals surface area contributed by atoms with Crippen molar-refractivity contribution in [1.82, 2.24) is 9.38 Å². The van der Waals surface area contributed by atoms with E-state index in [4.69, 9.17) is 5.73 Å². The number of anilines is 1. The van der Waals surface area contributed by atoms with E-state index in [0.717, 1.165) is 35.7 Å². The maximum Gasteiger partial charge on any atom is 0.139 e. The van der Waals surface area contributed by atoms with Crippen LogP contribution in [0.25, 0.3) is 5.65 Å². The number of nitrogen functional groups attached to an aromatic ring is 1. The van der Waals surface area contributed by atoms with Gasteiger partial charge in [-0.3, -0.25) is 4.40 Å². The molecule has 0 aliphatic rings. The van der Waals surface area contributed by atoms with Crippen molar-refractivity contribution in [3.63, 3.8) is 0 Å². The molecule has 3 aromatic rings. The molecule has 3 rings (SSSR count). The molecule has 0 aliphatic heterocycles. The summed E-state index contributed by atoms with van der Waals surface area (Å²) in [7, 11) is 0. The van der Waals surface area contributed by atoms with Crippen molar-refractivity contribution in [3.8, 4) is 0 Å². The molecule has 0 aliphatic carbocycles. The van der Waals surface area contributed by atoms with Crippen molar-refractivity contribution in [2.45, 2.75) is 26.7 Å². The van der Waals surface area contributed by atoms with Crippen LogP contribution >= 0.6 is 0 Å². The number of hydrogen-bond acceptors (Lipinski definition) is 2. The molecule has 20 heavy (non-hydrogen) atoms. The lowest BCUT2D eigenvalue weighted by atomic mass is 10.1. The number of aromatic nitrogens is 2. The van der Waals surface area contributed by atoms with Crippen LogP contribution in [-0.4, -0.2) is 9.38 Å². The van der Waals surface area contributed by atoms with Gasteiger partial charge in [0.2, 0.25) is 0 Å². The Morgan fingerprint density at radius 2 is 1.80 bits per heavy atom. The second-order valence-corrected chi connectivity index (χ2v) is 5.30. The van der Waals surface area contributed by atoms with Gasteiger partial charge in [0.1, 0.15) is 11.5 Å². The van der Waals surface area contributed by atoms with Crippen molar-refractivity contribution in [2.24, 2.45) is 0 Å². The van der Waals surface area contributed by atoms with Gasteiger partial charge >= 0.3 is 0 Å². The van der Waals surface area contributed by atoms with Gasteiger partial charge in [0, 0.05) is 5.69 Å². The minimum Gasteiger partial charge on any atom is -0.383 e. The average Bonchev–Trinajstić information content (AvgIpc) is 2.74. The predicted molar refractivity (Wildman–Crippen MR) is 82.9 cm³/mol. The van der Waals surface area contributed by atoms with Crippen molar-refractivity contribution >= 4 is 11.5 Å². The first-order valence-corrected chi connectivity index (χ1v) is 6.93. The van der Waals surface area contributed by atoms with E-state index in [1.807, 2.05) is 10.5 Å². The van der Waals surface area contributed by atoms with Crippen LogP contribution in [0.4, 0.5) is 5.82 Å². The number of rotatable bonds is 3. The molecular formula is C17H19N3. The van der Waals surface area contributed by atoms with Crippen LogP contribution in [0.2, 0.25) is 0 Å².